The zero-order valence-corrected chi connectivity index (χ0v) is 9.26. The molecule has 0 aliphatic rings. The van der Waals surface area contributed by atoms with E-state index in [1.165, 1.54) is 23.9 Å². The molecule has 82 valence electrons. The molecule has 1 unspecified atom stereocenters. The van der Waals surface area contributed by atoms with E-state index in [1.54, 1.807) is 6.07 Å². The molecule has 1 atom stereocenters. The highest BCUT2D eigenvalue weighted by molar-refractivity contribution is 7.99. The Morgan fingerprint density at radius 2 is 2.33 bits per heavy atom. The minimum Gasteiger partial charge on any atom is -0.396 e. The smallest absolute Gasteiger partial charge is 0.151 e. The first-order chi connectivity index (χ1) is 7.17. The predicted molar refractivity (Wildman–Crippen MR) is 58.8 cm³/mol. The lowest BCUT2D eigenvalue weighted by Gasteiger charge is -2.08. The molecule has 0 aliphatic carbocycles. The molecule has 1 rings (SSSR count). The van der Waals surface area contributed by atoms with Gasteiger partial charge in [-0.05, 0) is 24.1 Å². The van der Waals surface area contributed by atoms with Gasteiger partial charge in [0, 0.05) is 22.8 Å². The van der Waals surface area contributed by atoms with Gasteiger partial charge in [-0.1, -0.05) is 6.92 Å². The van der Waals surface area contributed by atoms with Crippen LogP contribution in [0.25, 0.3) is 0 Å². The van der Waals surface area contributed by atoms with E-state index in [-0.39, 0.29) is 12.5 Å². The Morgan fingerprint density at radius 3 is 2.93 bits per heavy atom. The Morgan fingerprint density at radius 1 is 1.60 bits per heavy atom. The Labute approximate surface area is 92.5 Å². The lowest BCUT2D eigenvalue weighted by Crippen LogP contribution is -2.03. The molecular formula is C11H13FO2S. The fourth-order valence-corrected chi connectivity index (χ4v) is 2.04. The Bertz CT molecular complexity index is 341. The maximum Gasteiger partial charge on any atom is 0.151 e. The van der Waals surface area contributed by atoms with Gasteiger partial charge in [-0.15, -0.1) is 11.8 Å². The third-order valence-corrected chi connectivity index (χ3v) is 3.35. The number of aldehydes is 1. The largest absolute Gasteiger partial charge is 0.396 e. The van der Waals surface area contributed by atoms with Crippen LogP contribution in [0.15, 0.2) is 23.1 Å². The molecule has 1 aromatic carbocycles. The maximum atomic E-state index is 12.8. The third-order valence-electron chi connectivity index (χ3n) is 1.93. The molecule has 0 radical (unpaired) electrons. The molecule has 0 fully saturated rings. The second-order valence-corrected chi connectivity index (χ2v) is 4.46. The van der Waals surface area contributed by atoms with Gasteiger partial charge in [0.05, 0.1) is 0 Å². The summed E-state index contributed by atoms with van der Waals surface area (Å²) >= 11 is 1.46. The van der Waals surface area contributed by atoms with Crippen LogP contribution in [-0.2, 0) is 0 Å². The summed E-state index contributed by atoms with van der Waals surface area (Å²) in [7, 11) is 0. The van der Waals surface area contributed by atoms with E-state index in [0.29, 0.717) is 17.6 Å². The fourth-order valence-electron chi connectivity index (χ4n) is 1.03. The van der Waals surface area contributed by atoms with Crippen LogP contribution >= 0.6 is 11.8 Å². The zero-order valence-electron chi connectivity index (χ0n) is 8.44. The quantitative estimate of drug-likeness (QED) is 0.621. The molecule has 0 saturated heterocycles. The van der Waals surface area contributed by atoms with Crippen LogP contribution in [0.1, 0.15) is 17.3 Å². The molecule has 15 heavy (non-hydrogen) atoms. The van der Waals surface area contributed by atoms with Crippen molar-refractivity contribution in [1.29, 1.82) is 0 Å². The fraction of sp³-hybridized carbons (Fsp3) is 0.364. The van der Waals surface area contributed by atoms with Gasteiger partial charge >= 0.3 is 0 Å². The van der Waals surface area contributed by atoms with Crippen molar-refractivity contribution in [3.63, 3.8) is 0 Å². The summed E-state index contributed by atoms with van der Waals surface area (Å²) in [5, 5.41) is 8.84. The van der Waals surface area contributed by atoms with E-state index in [4.69, 9.17) is 5.11 Å². The summed E-state index contributed by atoms with van der Waals surface area (Å²) < 4.78 is 12.8. The van der Waals surface area contributed by atoms with Crippen molar-refractivity contribution in [2.75, 3.05) is 12.4 Å². The van der Waals surface area contributed by atoms with E-state index in [9.17, 15) is 9.18 Å². The highest BCUT2D eigenvalue weighted by atomic mass is 32.2. The van der Waals surface area contributed by atoms with Crippen molar-refractivity contribution in [2.24, 2.45) is 5.92 Å². The first-order valence-electron chi connectivity index (χ1n) is 4.65. The Balaban J connectivity index is 2.72. The topological polar surface area (TPSA) is 37.3 Å². The van der Waals surface area contributed by atoms with E-state index < -0.39 is 5.82 Å². The molecule has 0 bridgehead atoms. The van der Waals surface area contributed by atoms with Crippen LogP contribution < -0.4 is 0 Å². The molecule has 0 spiro atoms. The average molecular weight is 228 g/mol. The highest BCUT2D eigenvalue weighted by Crippen LogP contribution is 2.24. The summed E-state index contributed by atoms with van der Waals surface area (Å²) in [6.07, 6.45) is 0.648. The lowest BCUT2D eigenvalue weighted by atomic mass is 10.2. The Kier molecular flexibility index (Phi) is 4.78. The number of rotatable bonds is 5. The minimum absolute atomic E-state index is 0.116. The monoisotopic (exact) mass is 228 g/mol. The molecule has 0 aromatic heterocycles. The number of thioether (sulfide) groups is 1. The van der Waals surface area contributed by atoms with E-state index >= 15 is 0 Å². The summed E-state index contributed by atoms with van der Waals surface area (Å²) in [4.78, 5) is 11.4. The van der Waals surface area contributed by atoms with Crippen molar-refractivity contribution < 1.29 is 14.3 Å². The highest BCUT2D eigenvalue weighted by Gasteiger charge is 2.06. The van der Waals surface area contributed by atoms with Crippen LogP contribution in [-0.4, -0.2) is 23.8 Å². The maximum absolute atomic E-state index is 12.8. The van der Waals surface area contributed by atoms with Crippen LogP contribution in [0.3, 0.4) is 0 Å². The molecule has 1 N–H and O–H groups in total. The van der Waals surface area contributed by atoms with Crippen molar-refractivity contribution >= 4 is 18.0 Å². The SMILES string of the molecule is CC(CO)CSc1ccc(F)cc1C=O. The number of benzene rings is 1. The molecule has 2 nitrogen and oxygen atoms in total. The number of hydrogen-bond donors (Lipinski definition) is 1. The lowest BCUT2D eigenvalue weighted by molar-refractivity contribution is 0.112. The number of carbonyl (C=O) groups is 1. The standard InChI is InChI=1S/C11H13FO2S/c1-8(5-13)7-15-11-3-2-10(12)4-9(11)6-14/h2-4,6,8,13H,5,7H2,1H3. The summed E-state index contributed by atoms with van der Waals surface area (Å²) in [6.45, 7) is 2.03. The van der Waals surface area contributed by atoms with Gasteiger partial charge in [0.25, 0.3) is 0 Å². The van der Waals surface area contributed by atoms with Crippen molar-refractivity contribution in [2.45, 2.75) is 11.8 Å². The van der Waals surface area contributed by atoms with Gasteiger partial charge in [-0.2, -0.15) is 0 Å². The van der Waals surface area contributed by atoms with Crippen LogP contribution in [0.4, 0.5) is 4.39 Å². The third kappa shape index (κ3) is 3.64. The number of aliphatic hydroxyl groups excluding tert-OH is 1. The van der Waals surface area contributed by atoms with E-state index in [1.807, 2.05) is 6.92 Å². The first-order valence-corrected chi connectivity index (χ1v) is 5.64. The number of carbonyl (C=O) groups excluding carboxylic acids is 1. The van der Waals surface area contributed by atoms with Gasteiger partial charge < -0.3 is 5.11 Å². The summed E-state index contributed by atoms with van der Waals surface area (Å²) in [5.74, 6) is 0.472. The van der Waals surface area contributed by atoms with Crippen molar-refractivity contribution in [3.05, 3.63) is 29.6 Å². The molecule has 4 heteroatoms. The normalized spacial score (nSPS) is 12.5. The van der Waals surface area contributed by atoms with Gasteiger partial charge in [0.2, 0.25) is 0 Å². The number of halogens is 1. The molecule has 0 amide bonds. The summed E-state index contributed by atoms with van der Waals surface area (Å²) in [6, 6.07) is 4.14. The van der Waals surface area contributed by atoms with Crippen molar-refractivity contribution in [3.8, 4) is 0 Å². The van der Waals surface area contributed by atoms with E-state index in [2.05, 4.69) is 0 Å². The average Bonchev–Trinajstić information content (AvgIpc) is 2.26. The number of hydrogen-bond acceptors (Lipinski definition) is 3. The molecule has 0 heterocycles. The van der Waals surface area contributed by atoms with Gasteiger partial charge in [0.15, 0.2) is 6.29 Å². The van der Waals surface area contributed by atoms with E-state index in [0.717, 1.165) is 4.90 Å². The second-order valence-electron chi connectivity index (χ2n) is 3.40. The molecule has 0 saturated carbocycles. The molecular weight excluding hydrogens is 215 g/mol. The second kappa shape index (κ2) is 5.88. The van der Waals surface area contributed by atoms with Crippen LogP contribution in [0.5, 0.6) is 0 Å². The first kappa shape index (κ1) is 12.2. The van der Waals surface area contributed by atoms with Gasteiger partial charge in [-0.3, -0.25) is 4.79 Å². The van der Waals surface area contributed by atoms with Crippen LogP contribution in [0, 0.1) is 11.7 Å². The predicted octanol–water partition coefficient (Wildman–Crippen LogP) is 2.36. The molecule has 0 aliphatic heterocycles. The van der Waals surface area contributed by atoms with Crippen molar-refractivity contribution in [1.82, 2.24) is 0 Å². The summed E-state index contributed by atoms with van der Waals surface area (Å²) in [5.41, 5.74) is 0.366. The Hall–Kier alpha value is -0.870. The minimum atomic E-state index is -0.406. The number of aliphatic hydroxyl groups is 1. The zero-order chi connectivity index (χ0) is 11.3. The van der Waals surface area contributed by atoms with Gasteiger partial charge in [-0.25, -0.2) is 4.39 Å². The van der Waals surface area contributed by atoms with Crippen LogP contribution in [0.2, 0.25) is 0 Å². The van der Waals surface area contributed by atoms with Gasteiger partial charge in [0.1, 0.15) is 5.82 Å². The molecule has 1 aromatic rings.